The van der Waals surface area contributed by atoms with E-state index in [1.165, 1.54) is 0 Å². The Balaban J connectivity index is 1.40. The highest BCUT2D eigenvalue weighted by Crippen LogP contribution is 2.19. The molecule has 3 aromatic rings. The number of benzene rings is 2. The summed E-state index contributed by atoms with van der Waals surface area (Å²) in [6.45, 7) is 1.03. The zero-order valence-electron chi connectivity index (χ0n) is 14.8. The number of hydrogen-bond donors (Lipinski definition) is 2. The van der Waals surface area contributed by atoms with Gasteiger partial charge in [0.2, 0.25) is 5.91 Å². The number of amides is 3. The quantitative estimate of drug-likeness (QED) is 0.751. The van der Waals surface area contributed by atoms with Crippen LogP contribution < -0.4 is 10.7 Å². The van der Waals surface area contributed by atoms with Gasteiger partial charge in [-0.05, 0) is 37.1 Å². The first-order chi connectivity index (χ1) is 13.2. The molecule has 2 N–H and O–H groups in total. The van der Waals surface area contributed by atoms with Crippen LogP contribution >= 0.6 is 0 Å². The third-order valence-electron chi connectivity index (χ3n) is 4.79. The Hall–Kier alpha value is -3.35. The number of urea groups is 1. The van der Waals surface area contributed by atoms with Crippen molar-refractivity contribution in [2.24, 2.45) is 5.92 Å². The maximum absolute atomic E-state index is 12.7. The molecule has 2 aromatic carbocycles. The Morgan fingerprint density at radius 2 is 1.81 bits per heavy atom. The van der Waals surface area contributed by atoms with Gasteiger partial charge in [-0.2, -0.15) is 0 Å². The van der Waals surface area contributed by atoms with Crippen LogP contribution in [0.3, 0.4) is 0 Å². The van der Waals surface area contributed by atoms with E-state index >= 15 is 0 Å². The maximum atomic E-state index is 12.7. The molecule has 1 unspecified atom stereocenters. The van der Waals surface area contributed by atoms with Crippen molar-refractivity contribution in [1.29, 1.82) is 0 Å². The van der Waals surface area contributed by atoms with Gasteiger partial charge < -0.3 is 10.2 Å². The SMILES string of the molecule is O=C(Nc1ccccc1)C1CCCN(C(=O)Nn2cnc3ccccc32)C1. The van der Waals surface area contributed by atoms with E-state index < -0.39 is 0 Å². The lowest BCUT2D eigenvalue weighted by molar-refractivity contribution is -0.121. The number of fused-ring (bicyclic) bond motifs is 1. The van der Waals surface area contributed by atoms with Crippen molar-refractivity contribution in [2.75, 3.05) is 23.8 Å². The van der Waals surface area contributed by atoms with Crippen LogP contribution in [-0.4, -0.2) is 39.6 Å². The largest absolute Gasteiger partial charge is 0.336 e. The van der Waals surface area contributed by atoms with Crippen molar-refractivity contribution in [2.45, 2.75) is 12.8 Å². The molecule has 1 aromatic heterocycles. The van der Waals surface area contributed by atoms with Crippen molar-refractivity contribution in [3.63, 3.8) is 0 Å². The highest BCUT2D eigenvalue weighted by molar-refractivity contribution is 5.93. The molecule has 138 valence electrons. The van der Waals surface area contributed by atoms with E-state index in [-0.39, 0.29) is 17.9 Å². The van der Waals surface area contributed by atoms with E-state index in [9.17, 15) is 9.59 Å². The predicted molar refractivity (Wildman–Crippen MR) is 104 cm³/mol. The summed E-state index contributed by atoms with van der Waals surface area (Å²) in [6, 6.07) is 16.7. The average Bonchev–Trinajstić information content (AvgIpc) is 3.12. The molecule has 7 heteroatoms. The van der Waals surface area contributed by atoms with Gasteiger partial charge in [-0.1, -0.05) is 30.3 Å². The van der Waals surface area contributed by atoms with Gasteiger partial charge >= 0.3 is 6.03 Å². The van der Waals surface area contributed by atoms with Gasteiger partial charge in [0, 0.05) is 18.8 Å². The van der Waals surface area contributed by atoms with Gasteiger partial charge in [0.05, 0.1) is 17.0 Å². The Morgan fingerprint density at radius 1 is 1.04 bits per heavy atom. The van der Waals surface area contributed by atoms with Gasteiger partial charge in [-0.25, -0.2) is 19.9 Å². The number of anilines is 1. The van der Waals surface area contributed by atoms with Crippen molar-refractivity contribution in [3.8, 4) is 0 Å². The normalized spacial score (nSPS) is 16.9. The molecular weight excluding hydrogens is 342 g/mol. The predicted octanol–water partition coefficient (Wildman–Crippen LogP) is 3.05. The number of imidazole rings is 1. The lowest BCUT2D eigenvalue weighted by Crippen LogP contribution is -2.47. The summed E-state index contributed by atoms with van der Waals surface area (Å²) in [4.78, 5) is 31.2. The van der Waals surface area contributed by atoms with Crippen molar-refractivity contribution in [3.05, 3.63) is 60.9 Å². The summed E-state index contributed by atoms with van der Waals surface area (Å²) in [5.41, 5.74) is 5.28. The van der Waals surface area contributed by atoms with Gasteiger partial charge in [0.25, 0.3) is 0 Å². The summed E-state index contributed by atoms with van der Waals surface area (Å²) in [5, 5.41) is 2.93. The number of carbonyl (C=O) groups is 2. The molecule has 0 radical (unpaired) electrons. The standard InChI is InChI=1S/C20H21N5O2/c26-19(22-16-8-2-1-3-9-16)15-7-6-12-24(13-15)20(27)23-25-14-21-17-10-4-5-11-18(17)25/h1-5,8-11,14-15H,6-7,12-13H2,(H,22,26)(H,23,27). The number of carbonyl (C=O) groups excluding carboxylic acids is 2. The number of nitrogens with zero attached hydrogens (tertiary/aromatic N) is 3. The fourth-order valence-electron chi connectivity index (χ4n) is 3.36. The zero-order valence-corrected chi connectivity index (χ0v) is 14.8. The molecule has 1 atom stereocenters. The molecule has 0 spiro atoms. The topological polar surface area (TPSA) is 79.3 Å². The number of para-hydroxylation sites is 3. The number of hydrogen-bond acceptors (Lipinski definition) is 3. The van der Waals surface area contributed by atoms with Gasteiger partial charge in [-0.15, -0.1) is 0 Å². The first-order valence-electron chi connectivity index (χ1n) is 9.04. The van der Waals surface area contributed by atoms with Crippen molar-refractivity contribution in [1.82, 2.24) is 14.6 Å². The van der Waals surface area contributed by atoms with Gasteiger partial charge in [0.1, 0.15) is 6.33 Å². The van der Waals surface area contributed by atoms with Crippen LogP contribution in [0.5, 0.6) is 0 Å². The second-order valence-corrected chi connectivity index (χ2v) is 6.66. The molecular formula is C20H21N5O2. The van der Waals surface area contributed by atoms with Crippen molar-refractivity contribution >= 4 is 28.7 Å². The second-order valence-electron chi connectivity index (χ2n) is 6.66. The molecule has 1 aliphatic rings. The van der Waals surface area contributed by atoms with Gasteiger partial charge in [0.15, 0.2) is 0 Å². The van der Waals surface area contributed by atoms with E-state index in [2.05, 4.69) is 15.7 Å². The van der Waals surface area contributed by atoms with Gasteiger partial charge in [-0.3, -0.25) is 4.79 Å². The molecule has 27 heavy (non-hydrogen) atoms. The Bertz CT molecular complexity index is 953. The summed E-state index contributed by atoms with van der Waals surface area (Å²) < 4.78 is 1.62. The summed E-state index contributed by atoms with van der Waals surface area (Å²) in [7, 11) is 0. The molecule has 4 rings (SSSR count). The lowest BCUT2D eigenvalue weighted by atomic mass is 9.97. The smallest absolute Gasteiger partial charge is 0.326 e. The number of rotatable bonds is 3. The summed E-state index contributed by atoms with van der Waals surface area (Å²) >= 11 is 0. The molecule has 2 heterocycles. The van der Waals surface area contributed by atoms with Crippen LogP contribution in [0.2, 0.25) is 0 Å². The van der Waals surface area contributed by atoms with Crippen LogP contribution in [0.25, 0.3) is 11.0 Å². The molecule has 1 fully saturated rings. The molecule has 3 amide bonds. The maximum Gasteiger partial charge on any atom is 0.336 e. The van der Waals surface area contributed by atoms with Crippen LogP contribution in [-0.2, 0) is 4.79 Å². The minimum Gasteiger partial charge on any atom is -0.326 e. The molecule has 1 aliphatic heterocycles. The van der Waals surface area contributed by atoms with E-state index in [1.54, 1.807) is 15.9 Å². The third kappa shape index (κ3) is 3.76. The van der Waals surface area contributed by atoms with Crippen molar-refractivity contribution < 1.29 is 9.59 Å². The van der Waals surface area contributed by atoms with Crippen LogP contribution in [0.15, 0.2) is 60.9 Å². The van der Waals surface area contributed by atoms with E-state index in [4.69, 9.17) is 0 Å². The number of piperidine rings is 1. The second kappa shape index (κ2) is 7.49. The number of likely N-dealkylation sites (tertiary alicyclic amines) is 1. The van der Waals surface area contributed by atoms with Crippen LogP contribution in [0.4, 0.5) is 10.5 Å². The first-order valence-corrected chi connectivity index (χ1v) is 9.04. The fourth-order valence-corrected chi connectivity index (χ4v) is 3.36. The number of nitrogens with one attached hydrogen (secondary N) is 2. The monoisotopic (exact) mass is 363 g/mol. The molecule has 7 nitrogen and oxygen atoms in total. The summed E-state index contributed by atoms with van der Waals surface area (Å²) in [6.07, 6.45) is 3.16. The molecule has 0 bridgehead atoms. The zero-order chi connectivity index (χ0) is 18.6. The highest BCUT2D eigenvalue weighted by Gasteiger charge is 2.28. The van der Waals surface area contributed by atoms with E-state index in [1.807, 2.05) is 54.6 Å². The minimum absolute atomic E-state index is 0.0493. The first kappa shape index (κ1) is 17.1. The van der Waals surface area contributed by atoms with E-state index in [0.29, 0.717) is 13.1 Å². The Kier molecular flexibility index (Phi) is 4.74. The fraction of sp³-hybridized carbons (Fsp3) is 0.250. The Labute approximate surface area is 157 Å². The molecule has 0 saturated carbocycles. The average molecular weight is 363 g/mol. The highest BCUT2D eigenvalue weighted by atomic mass is 16.2. The third-order valence-corrected chi connectivity index (χ3v) is 4.79. The summed E-state index contributed by atoms with van der Waals surface area (Å²) in [5.74, 6) is -0.268. The lowest BCUT2D eigenvalue weighted by Gasteiger charge is -2.32. The Morgan fingerprint density at radius 3 is 2.67 bits per heavy atom. The van der Waals surface area contributed by atoms with E-state index in [0.717, 1.165) is 29.6 Å². The number of aromatic nitrogens is 2. The van der Waals surface area contributed by atoms with Crippen LogP contribution in [0, 0.1) is 5.92 Å². The molecule has 0 aliphatic carbocycles. The molecule has 1 saturated heterocycles. The van der Waals surface area contributed by atoms with Crippen LogP contribution in [0.1, 0.15) is 12.8 Å². The minimum atomic E-state index is -0.227.